The lowest BCUT2D eigenvalue weighted by molar-refractivity contribution is 0.103. The molecule has 174 valence electrons. The molecule has 2 aliphatic carbocycles. The molecule has 2 heterocycles. The van der Waals surface area contributed by atoms with Gasteiger partial charge in [-0.15, -0.1) is 0 Å². The zero-order valence-corrected chi connectivity index (χ0v) is 20.4. The molecule has 33 heavy (non-hydrogen) atoms. The molecule has 0 unspecified atom stereocenters. The molecule has 2 fully saturated rings. The van der Waals surface area contributed by atoms with Crippen molar-refractivity contribution in [2.75, 3.05) is 0 Å². The van der Waals surface area contributed by atoms with Crippen molar-refractivity contribution in [3.05, 3.63) is 71.9 Å². The third-order valence-corrected chi connectivity index (χ3v) is 7.47. The Bertz CT molecular complexity index is 1280. The Labute approximate surface area is 201 Å². The fourth-order valence-electron chi connectivity index (χ4n) is 4.40. The molecule has 0 saturated heterocycles. The molecular weight excluding hydrogens is 463 g/mol. The highest BCUT2D eigenvalue weighted by atomic mass is 35.5. The van der Waals surface area contributed by atoms with Gasteiger partial charge in [0.1, 0.15) is 11.3 Å². The minimum atomic E-state index is -0.356. The molecule has 9 heteroatoms. The van der Waals surface area contributed by atoms with Crippen LogP contribution in [0.1, 0.15) is 75.8 Å². The third-order valence-electron chi connectivity index (χ3n) is 6.69. The molecule has 1 aromatic carbocycles. The summed E-state index contributed by atoms with van der Waals surface area (Å²) in [5, 5.41) is 7.93. The zero-order valence-electron chi connectivity index (χ0n) is 18.9. The summed E-state index contributed by atoms with van der Waals surface area (Å²) in [6.07, 6.45) is 4.14. The Morgan fingerprint density at radius 2 is 1.88 bits per heavy atom. The van der Waals surface area contributed by atoms with Gasteiger partial charge in [-0.1, -0.05) is 28.4 Å². The van der Waals surface area contributed by atoms with E-state index in [0.29, 0.717) is 46.0 Å². The van der Waals surface area contributed by atoms with E-state index in [4.69, 9.17) is 27.7 Å². The fraction of sp³-hybridized carbons (Fsp3) is 0.458. The van der Waals surface area contributed by atoms with Crippen LogP contribution in [0.2, 0.25) is 10.0 Å². The highest BCUT2D eigenvalue weighted by molar-refractivity contribution is 6.38. The van der Waals surface area contributed by atoms with Crippen LogP contribution in [-0.2, 0) is 20.1 Å². The maximum absolute atomic E-state index is 13.5. The van der Waals surface area contributed by atoms with E-state index in [9.17, 15) is 9.59 Å². The third kappa shape index (κ3) is 4.18. The summed E-state index contributed by atoms with van der Waals surface area (Å²) in [4.78, 5) is 28.5. The van der Waals surface area contributed by atoms with Gasteiger partial charge >= 0.3 is 0 Å². The molecular formula is C24H26Cl2N4O3. The van der Waals surface area contributed by atoms with Crippen molar-refractivity contribution < 1.29 is 9.32 Å². The molecule has 1 N–H and O–H groups in total. The predicted molar refractivity (Wildman–Crippen MR) is 126 cm³/mol. The Morgan fingerprint density at radius 3 is 2.48 bits per heavy atom. The standard InChI is InChI=1S/C24H26Cl2N4O3/c1-12-17(13(2)33-28-12)10-30(15-6-7-15)11-18-19(25)9-8-16(21(18)26)23(31)20-22(14-4-5-14)27-29(3)24(20)32/h8-9,14-15,27H,4-7,10-11H2,1-3H3. The van der Waals surface area contributed by atoms with E-state index >= 15 is 0 Å². The molecule has 5 rings (SSSR count). The van der Waals surface area contributed by atoms with Crippen LogP contribution in [0.3, 0.4) is 0 Å². The summed E-state index contributed by atoms with van der Waals surface area (Å²) in [7, 11) is 1.63. The maximum atomic E-state index is 13.5. The van der Waals surface area contributed by atoms with Crippen LogP contribution < -0.4 is 5.56 Å². The molecule has 0 aliphatic heterocycles. The Balaban J connectivity index is 1.49. The molecule has 0 atom stereocenters. The SMILES string of the molecule is Cc1noc(C)c1CN(Cc1c(Cl)ccc(C(=O)c2c(C3CC3)[nH]n(C)c2=O)c1Cl)C1CC1. The Kier molecular flexibility index (Phi) is 5.75. The van der Waals surface area contributed by atoms with Crippen molar-refractivity contribution in [3.63, 3.8) is 0 Å². The van der Waals surface area contributed by atoms with Crippen molar-refractivity contribution >= 4 is 29.0 Å². The lowest BCUT2D eigenvalue weighted by Crippen LogP contribution is -2.26. The molecule has 2 aromatic heterocycles. The first kappa shape index (κ1) is 22.4. The van der Waals surface area contributed by atoms with Gasteiger partial charge in [0.25, 0.3) is 5.56 Å². The first-order valence-corrected chi connectivity index (χ1v) is 12.0. The van der Waals surface area contributed by atoms with Crippen LogP contribution in [0.25, 0.3) is 0 Å². The number of hydrogen-bond acceptors (Lipinski definition) is 5. The fourth-order valence-corrected chi connectivity index (χ4v) is 4.97. The number of carbonyl (C=O) groups is 1. The average molecular weight is 489 g/mol. The highest BCUT2D eigenvalue weighted by Gasteiger charge is 2.35. The Morgan fingerprint density at radius 1 is 1.18 bits per heavy atom. The second-order valence-corrected chi connectivity index (χ2v) is 9.98. The van der Waals surface area contributed by atoms with Crippen molar-refractivity contribution in [2.45, 2.75) is 64.6 Å². The van der Waals surface area contributed by atoms with Gasteiger partial charge < -0.3 is 4.52 Å². The average Bonchev–Trinajstić information content (AvgIpc) is 3.70. The highest BCUT2D eigenvalue weighted by Crippen LogP contribution is 2.41. The van der Waals surface area contributed by atoms with E-state index in [1.54, 1.807) is 19.2 Å². The lowest BCUT2D eigenvalue weighted by Gasteiger charge is -2.24. The van der Waals surface area contributed by atoms with Crippen LogP contribution >= 0.6 is 23.2 Å². The topological polar surface area (TPSA) is 84.1 Å². The predicted octanol–water partition coefficient (Wildman–Crippen LogP) is 4.90. The Hall–Kier alpha value is -2.35. The smallest absolute Gasteiger partial charge is 0.277 e. The van der Waals surface area contributed by atoms with Crippen molar-refractivity contribution in [1.82, 2.24) is 19.8 Å². The van der Waals surface area contributed by atoms with Gasteiger partial charge in [-0.3, -0.25) is 24.3 Å². The van der Waals surface area contributed by atoms with Crippen LogP contribution in [0.15, 0.2) is 21.5 Å². The largest absolute Gasteiger partial charge is 0.361 e. The van der Waals surface area contributed by atoms with Crippen LogP contribution in [-0.4, -0.2) is 31.7 Å². The second kappa shape index (κ2) is 8.46. The molecule has 0 amide bonds. The minimum absolute atomic E-state index is 0.185. The zero-order chi connectivity index (χ0) is 23.4. The first-order valence-electron chi connectivity index (χ1n) is 11.2. The van der Waals surface area contributed by atoms with Gasteiger partial charge in [0.2, 0.25) is 5.78 Å². The number of rotatable bonds is 8. The number of nitrogens with one attached hydrogen (secondary N) is 1. The van der Waals surface area contributed by atoms with Crippen LogP contribution in [0.5, 0.6) is 0 Å². The number of aromatic amines is 1. The van der Waals surface area contributed by atoms with E-state index in [1.165, 1.54) is 4.68 Å². The van der Waals surface area contributed by atoms with Crippen molar-refractivity contribution in [3.8, 4) is 0 Å². The van der Waals surface area contributed by atoms with E-state index < -0.39 is 0 Å². The number of ketones is 1. The van der Waals surface area contributed by atoms with E-state index in [0.717, 1.165) is 42.7 Å². The number of carbonyl (C=O) groups excluding carboxylic acids is 1. The molecule has 0 bridgehead atoms. The molecule has 2 saturated carbocycles. The maximum Gasteiger partial charge on any atom is 0.277 e. The van der Waals surface area contributed by atoms with E-state index in [2.05, 4.69) is 15.2 Å². The summed E-state index contributed by atoms with van der Waals surface area (Å²) < 4.78 is 6.70. The van der Waals surface area contributed by atoms with Crippen LogP contribution in [0.4, 0.5) is 0 Å². The first-order chi connectivity index (χ1) is 15.8. The number of hydrogen-bond donors (Lipinski definition) is 1. The van der Waals surface area contributed by atoms with Crippen molar-refractivity contribution in [1.29, 1.82) is 0 Å². The van der Waals surface area contributed by atoms with Gasteiger partial charge in [0.05, 0.1) is 16.4 Å². The monoisotopic (exact) mass is 488 g/mol. The number of halogens is 2. The summed E-state index contributed by atoms with van der Waals surface area (Å²) >= 11 is 13.4. The minimum Gasteiger partial charge on any atom is -0.361 e. The molecule has 0 radical (unpaired) electrons. The summed E-state index contributed by atoms with van der Waals surface area (Å²) in [5.74, 6) is 0.671. The summed E-state index contributed by atoms with van der Waals surface area (Å²) in [6.45, 7) is 5.01. The molecule has 7 nitrogen and oxygen atoms in total. The van der Waals surface area contributed by atoms with Crippen LogP contribution in [0, 0.1) is 13.8 Å². The summed E-state index contributed by atoms with van der Waals surface area (Å²) in [6, 6.07) is 3.74. The van der Waals surface area contributed by atoms with Gasteiger partial charge in [-0.2, -0.15) is 0 Å². The van der Waals surface area contributed by atoms with E-state index in [-0.39, 0.29) is 22.8 Å². The normalized spacial score (nSPS) is 16.1. The molecule has 0 spiro atoms. The molecule has 2 aliphatic rings. The summed E-state index contributed by atoms with van der Waals surface area (Å²) in [5.41, 5.74) is 3.50. The van der Waals surface area contributed by atoms with E-state index in [1.807, 2.05) is 13.8 Å². The number of H-pyrrole nitrogens is 1. The van der Waals surface area contributed by atoms with Gasteiger partial charge in [-0.25, -0.2) is 0 Å². The quantitative estimate of drug-likeness (QED) is 0.455. The van der Waals surface area contributed by atoms with Gasteiger partial charge in [0, 0.05) is 53.8 Å². The number of benzene rings is 1. The number of aryl methyl sites for hydroxylation is 3. The number of nitrogens with zero attached hydrogens (tertiary/aromatic N) is 3. The van der Waals surface area contributed by atoms with Crippen molar-refractivity contribution in [2.24, 2.45) is 7.05 Å². The second-order valence-electron chi connectivity index (χ2n) is 9.19. The lowest BCUT2D eigenvalue weighted by atomic mass is 9.99. The number of aromatic nitrogens is 3. The van der Waals surface area contributed by atoms with Gasteiger partial charge in [0.15, 0.2) is 0 Å². The molecule has 3 aromatic rings. The van der Waals surface area contributed by atoms with Gasteiger partial charge in [-0.05, 0) is 51.7 Å².